The summed E-state index contributed by atoms with van der Waals surface area (Å²) in [6, 6.07) is 15.1. The Morgan fingerprint density at radius 3 is 2.29 bits per heavy atom. The largest absolute Gasteiger partial charge is 0.480 e. The summed E-state index contributed by atoms with van der Waals surface area (Å²) >= 11 is 0. The molecule has 2 aromatic rings. The fourth-order valence-electron chi connectivity index (χ4n) is 4.74. The molecule has 7 nitrogen and oxygen atoms in total. The van der Waals surface area contributed by atoms with Crippen LogP contribution in [0.5, 0.6) is 0 Å². The molecular weight excluding hydrogens is 432 g/mol. The molecule has 7 heteroatoms. The van der Waals surface area contributed by atoms with Gasteiger partial charge in [0.25, 0.3) is 0 Å². The monoisotopic (exact) mass is 462 g/mol. The third-order valence-electron chi connectivity index (χ3n) is 6.53. The zero-order valence-corrected chi connectivity index (χ0v) is 19.2. The van der Waals surface area contributed by atoms with Crippen molar-refractivity contribution in [3.63, 3.8) is 0 Å². The zero-order valence-electron chi connectivity index (χ0n) is 19.2. The van der Waals surface area contributed by atoms with Crippen molar-refractivity contribution >= 4 is 18.0 Å². The Balaban J connectivity index is 1.28. The van der Waals surface area contributed by atoms with Gasteiger partial charge in [0.2, 0.25) is 5.91 Å². The van der Waals surface area contributed by atoms with Gasteiger partial charge in [-0.15, -0.1) is 0 Å². The van der Waals surface area contributed by atoms with Crippen LogP contribution in [0.25, 0.3) is 11.1 Å². The van der Waals surface area contributed by atoms with Crippen LogP contribution in [0.1, 0.15) is 49.7 Å². The Bertz CT molecular complexity index is 1050. The Morgan fingerprint density at radius 1 is 1.03 bits per heavy atom. The van der Waals surface area contributed by atoms with E-state index in [0.717, 1.165) is 24.0 Å². The number of amides is 2. The van der Waals surface area contributed by atoms with Crippen LogP contribution < -0.4 is 10.6 Å². The molecule has 0 heterocycles. The highest BCUT2D eigenvalue weighted by molar-refractivity contribution is 5.86. The minimum Gasteiger partial charge on any atom is -0.480 e. The number of carbonyl (C=O) groups excluding carboxylic acids is 2. The highest BCUT2D eigenvalue weighted by Gasteiger charge is 2.31. The first kappa shape index (κ1) is 23.5. The molecule has 0 spiro atoms. The van der Waals surface area contributed by atoms with E-state index in [1.54, 1.807) is 12.2 Å². The van der Waals surface area contributed by atoms with Crippen LogP contribution in [0.2, 0.25) is 0 Å². The van der Waals surface area contributed by atoms with E-state index in [2.05, 4.69) is 34.9 Å². The van der Waals surface area contributed by atoms with Crippen LogP contribution in [0.15, 0.2) is 60.7 Å². The summed E-state index contributed by atoms with van der Waals surface area (Å²) < 4.78 is 5.58. The molecule has 3 atom stereocenters. The summed E-state index contributed by atoms with van der Waals surface area (Å²) in [5.74, 6) is -1.87. The molecule has 2 aliphatic rings. The number of nitrogens with one attached hydrogen (secondary N) is 2. The summed E-state index contributed by atoms with van der Waals surface area (Å²) in [5, 5.41) is 14.7. The van der Waals surface area contributed by atoms with Gasteiger partial charge in [-0.05, 0) is 35.1 Å². The number of carbonyl (C=O) groups is 3. The fourth-order valence-corrected chi connectivity index (χ4v) is 4.74. The van der Waals surface area contributed by atoms with Gasteiger partial charge in [0.15, 0.2) is 0 Å². The van der Waals surface area contributed by atoms with Gasteiger partial charge in [0, 0.05) is 5.92 Å². The van der Waals surface area contributed by atoms with Crippen molar-refractivity contribution in [2.24, 2.45) is 5.92 Å². The maximum atomic E-state index is 12.5. The maximum Gasteiger partial charge on any atom is 0.407 e. The molecule has 0 bridgehead atoms. The summed E-state index contributed by atoms with van der Waals surface area (Å²) in [7, 11) is 0. The number of unbranched alkanes of at least 4 members (excludes halogenated alkanes) is 1. The second-order valence-corrected chi connectivity index (χ2v) is 8.85. The van der Waals surface area contributed by atoms with Crippen molar-refractivity contribution in [3.8, 4) is 11.1 Å². The Hall–Kier alpha value is -3.61. The lowest BCUT2D eigenvalue weighted by molar-refractivity contribution is -0.142. The summed E-state index contributed by atoms with van der Waals surface area (Å²) in [4.78, 5) is 36.4. The van der Waals surface area contributed by atoms with Gasteiger partial charge in [-0.2, -0.15) is 0 Å². The van der Waals surface area contributed by atoms with Crippen molar-refractivity contribution in [3.05, 3.63) is 71.8 Å². The standard InChI is InChI=1S/C27H30N2O5/c1-2-3-12-24(26(31)32)29-25(30)17-13-14-18(15-17)28-27(33)34-16-23-21-10-6-4-8-19(21)20-9-5-7-11-22(20)23/h4-11,13-14,17-18,23-24H,2-3,12,15-16H2,1H3,(H,28,33)(H,29,30)(H,31,32)/t17?,18?,24-/m0/s1. The predicted octanol–water partition coefficient (Wildman–Crippen LogP) is 4.23. The van der Waals surface area contributed by atoms with Crippen molar-refractivity contribution in [1.29, 1.82) is 0 Å². The number of benzene rings is 2. The third kappa shape index (κ3) is 5.14. The fraction of sp³-hybridized carbons (Fsp3) is 0.370. The molecule has 2 aromatic carbocycles. The van der Waals surface area contributed by atoms with Crippen molar-refractivity contribution in [2.45, 2.75) is 50.6 Å². The molecule has 0 saturated carbocycles. The van der Waals surface area contributed by atoms with Crippen LogP contribution in [-0.4, -0.2) is 41.8 Å². The van der Waals surface area contributed by atoms with Gasteiger partial charge in [0.05, 0.1) is 12.0 Å². The predicted molar refractivity (Wildman–Crippen MR) is 128 cm³/mol. The number of carboxylic acids is 1. The Kier molecular flexibility index (Phi) is 7.30. The van der Waals surface area contributed by atoms with Crippen LogP contribution in [0.4, 0.5) is 4.79 Å². The maximum absolute atomic E-state index is 12.5. The van der Waals surface area contributed by atoms with E-state index in [1.165, 1.54) is 11.1 Å². The highest BCUT2D eigenvalue weighted by atomic mass is 16.5. The smallest absolute Gasteiger partial charge is 0.407 e. The molecule has 2 unspecified atom stereocenters. The van der Waals surface area contributed by atoms with Gasteiger partial charge in [0.1, 0.15) is 12.6 Å². The first-order valence-electron chi connectivity index (χ1n) is 11.8. The first-order valence-corrected chi connectivity index (χ1v) is 11.8. The van der Waals surface area contributed by atoms with E-state index in [0.29, 0.717) is 12.8 Å². The number of carboxylic acid groups (broad SMARTS) is 1. The number of alkyl carbamates (subject to hydrolysis) is 1. The number of hydrogen-bond acceptors (Lipinski definition) is 4. The van der Waals surface area contributed by atoms with Gasteiger partial charge < -0.3 is 20.5 Å². The summed E-state index contributed by atoms with van der Waals surface area (Å²) in [5.41, 5.74) is 4.62. The average molecular weight is 463 g/mol. The minimum atomic E-state index is -1.03. The lowest BCUT2D eigenvalue weighted by Gasteiger charge is -2.18. The number of hydrogen-bond donors (Lipinski definition) is 3. The number of aliphatic carboxylic acids is 1. The van der Waals surface area contributed by atoms with Crippen LogP contribution >= 0.6 is 0 Å². The molecule has 2 amide bonds. The zero-order chi connectivity index (χ0) is 24.1. The lowest BCUT2D eigenvalue weighted by atomic mass is 9.98. The van der Waals surface area contributed by atoms with Gasteiger partial charge in [-0.25, -0.2) is 9.59 Å². The van der Waals surface area contributed by atoms with E-state index in [9.17, 15) is 19.5 Å². The molecule has 3 N–H and O–H groups in total. The molecule has 0 aromatic heterocycles. The Labute approximate surface area is 199 Å². The molecule has 0 aliphatic heterocycles. The van der Waals surface area contributed by atoms with Crippen molar-refractivity contribution in [2.75, 3.05) is 6.61 Å². The van der Waals surface area contributed by atoms with Crippen LogP contribution in [0, 0.1) is 5.92 Å². The van der Waals surface area contributed by atoms with Gasteiger partial charge >= 0.3 is 12.1 Å². The molecule has 2 aliphatic carbocycles. The Morgan fingerprint density at radius 2 is 1.68 bits per heavy atom. The topological polar surface area (TPSA) is 105 Å². The highest BCUT2D eigenvalue weighted by Crippen LogP contribution is 2.44. The molecule has 0 saturated heterocycles. The molecule has 0 radical (unpaired) electrons. The number of rotatable bonds is 9. The van der Waals surface area contributed by atoms with E-state index in [4.69, 9.17) is 4.74 Å². The molecular formula is C27H30N2O5. The SMILES string of the molecule is CCCC[C@H](NC(=O)C1C=CC(NC(=O)OCC2c3ccccc3-c3ccccc32)C1)C(=O)O. The van der Waals surface area contributed by atoms with Crippen molar-refractivity contribution in [1.82, 2.24) is 10.6 Å². The number of fused-ring (bicyclic) bond motifs is 3. The summed E-state index contributed by atoms with van der Waals surface area (Å²) in [6.45, 7) is 2.19. The van der Waals surface area contributed by atoms with Crippen LogP contribution in [-0.2, 0) is 14.3 Å². The van der Waals surface area contributed by atoms with Gasteiger partial charge in [-0.3, -0.25) is 4.79 Å². The lowest BCUT2D eigenvalue weighted by Crippen LogP contribution is -2.43. The summed E-state index contributed by atoms with van der Waals surface area (Å²) in [6.07, 6.45) is 5.28. The second-order valence-electron chi connectivity index (χ2n) is 8.85. The molecule has 34 heavy (non-hydrogen) atoms. The normalized spacial score (nSPS) is 19.2. The van der Waals surface area contributed by atoms with Crippen LogP contribution in [0.3, 0.4) is 0 Å². The average Bonchev–Trinajstić information content (AvgIpc) is 3.43. The van der Waals surface area contributed by atoms with Gasteiger partial charge in [-0.1, -0.05) is 80.4 Å². The van der Waals surface area contributed by atoms with E-state index >= 15 is 0 Å². The molecule has 4 rings (SSSR count). The van der Waals surface area contributed by atoms with E-state index < -0.39 is 24.0 Å². The molecule has 0 fully saturated rings. The number of ether oxygens (including phenoxy) is 1. The quantitative estimate of drug-likeness (QED) is 0.484. The third-order valence-corrected chi connectivity index (χ3v) is 6.53. The first-order chi connectivity index (χ1) is 16.5. The minimum absolute atomic E-state index is 0.0214. The second kappa shape index (κ2) is 10.5. The van der Waals surface area contributed by atoms with E-state index in [-0.39, 0.29) is 24.5 Å². The van der Waals surface area contributed by atoms with E-state index in [1.807, 2.05) is 31.2 Å². The molecule has 178 valence electrons. The van der Waals surface area contributed by atoms with Crippen molar-refractivity contribution < 1.29 is 24.2 Å².